The molecule has 78 valence electrons. The van der Waals surface area contributed by atoms with Gasteiger partial charge in [0.1, 0.15) is 5.69 Å². The zero-order valence-corrected chi connectivity index (χ0v) is 8.58. The van der Waals surface area contributed by atoms with E-state index in [0.717, 1.165) is 6.42 Å². The lowest BCUT2D eigenvalue weighted by molar-refractivity contribution is 0.0944. The molecule has 0 fully saturated rings. The Hall–Kier alpha value is -1.52. The first-order valence-electron chi connectivity index (χ1n) is 4.80. The Morgan fingerprint density at radius 3 is 2.93 bits per heavy atom. The van der Waals surface area contributed by atoms with Crippen LogP contribution in [-0.4, -0.2) is 22.2 Å². The number of aromatic nitrogens is 2. The molecular formula is C9H16N4O. The third-order valence-corrected chi connectivity index (χ3v) is 1.92. The van der Waals surface area contributed by atoms with Gasteiger partial charge in [-0.25, -0.2) is 0 Å². The third-order valence-electron chi connectivity index (χ3n) is 1.92. The van der Waals surface area contributed by atoms with Gasteiger partial charge in [0.2, 0.25) is 0 Å². The molecule has 1 heterocycles. The van der Waals surface area contributed by atoms with Crippen LogP contribution in [0.5, 0.6) is 0 Å². The lowest BCUT2D eigenvalue weighted by Gasteiger charge is -2.06. The molecule has 14 heavy (non-hydrogen) atoms. The first-order valence-corrected chi connectivity index (χ1v) is 4.80. The Labute approximate surface area is 83.3 Å². The summed E-state index contributed by atoms with van der Waals surface area (Å²) in [5.41, 5.74) is 6.54. The molecule has 0 saturated carbocycles. The summed E-state index contributed by atoms with van der Waals surface area (Å²) < 4.78 is 1.60. The number of rotatable bonds is 4. The highest BCUT2D eigenvalue weighted by atomic mass is 16.2. The van der Waals surface area contributed by atoms with Crippen molar-refractivity contribution in [3.63, 3.8) is 0 Å². The van der Waals surface area contributed by atoms with Crippen LogP contribution in [0.4, 0.5) is 5.69 Å². The van der Waals surface area contributed by atoms with Gasteiger partial charge in [-0.3, -0.25) is 9.48 Å². The predicted molar refractivity (Wildman–Crippen MR) is 54.9 cm³/mol. The Morgan fingerprint density at radius 1 is 1.64 bits per heavy atom. The minimum absolute atomic E-state index is 0.149. The Balaban J connectivity index is 2.82. The van der Waals surface area contributed by atoms with E-state index in [4.69, 9.17) is 5.73 Å². The molecule has 0 radical (unpaired) electrons. The molecule has 1 rings (SSSR count). The van der Waals surface area contributed by atoms with E-state index < -0.39 is 0 Å². The number of hydrogen-bond acceptors (Lipinski definition) is 3. The number of carbonyl (C=O) groups excluding carboxylic acids is 1. The van der Waals surface area contributed by atoms with Gasteiger partial charge in [0, 0.05) is 13.1 Å². The maximum absolute atomic E-state index is 11.6. The van der Waals surface area contributed by atoms with Crippen LogP contribution in [0.3, 0.4) is 0 Å². The number of carbonyl (C=O) groups is 1. The minimum Gasteiger partial charge on any atom is -0.396 e. The average Bonchev–Trinajstić information content (AvgIpc) is 2.56. The van der Waals surface area contributed by atoms with Gasteiger partial charge < -0.3 is 11.1 Å². The van der Waals surface area contributed by atoms with E-state index in [1.807, 2.05) is 13.8 Å². The van der Waals surface area contributed by atoms with Crippen molar-refractivity contribution in [1.29, 1.82) is 0 Å². The number of amides is 1. The number of hydrogen-bond donors (Lipinski definition) is 2. The highest BCUT2D eigenvalue weighted by Gasteiger charge is 2.14. The molecule has 3 N–H and O–H groups in total. The largest absolute Gasteiger partial charge is 0.396 e. The number of nitrogens with zero attached hydrogens (tertiary/aromatic N) is 2. The lowest BCUT2D eigenvalue weighted by Crippen LogP contribution is -2.27. The van der Waals surface area contributed by atoms with Crippen molar-refractivity contribution in [2.24, 2.45) is 0 Å². The van der Waals surface area contributed by atoms with Gasteiger partial charge in [-0.1, -0.05) is 6.92 Å². The average molecular weight is 196 g/mol. The molecule has 5 nitrogen and oxygen atoms in total. The zero-order valence-electron chi connectivity index (χ0n) is 8.58. The smallest absolute Gasteiger partial charge is 0.271 e. The van der Waals surface area contributed by atoms with Gasteiger partial charge in [0.05, 0.1) is 11.9 Å². The third kappa shape index (κ3) is 2.04. The lowest BCUT2D eigenvalue weighted by atomic mass is 10.3. The summed E-state index contributed by atoms with van der Waals surface area (Å²) in [6, 6.07) is 0. The SMILES string of the molecule is CCCNC(=O)c1c(N)cnn1CC. The summed E-state index contributed by atoms with van der Waals surface area (Å²) in [5, 5.41) is 6.76. The van der Waals surface area contributed by atoms with E-state index in [2.05, 4.69) is 10.4 Å². The Morgan fingerprint density at radius 2 is 2.36 bits per heavy atom. The highest BCUT2D eigenvalue weighted by molar-refractivity contribution is 5.97. The van der Waals surface area contributed by atoms with Crippen LogP contribution >= 0.6 is 0 Å². The number of nitrogens with two attached hydrogens (primary N) is 1. The molecule has 0 aliphatic rings. The van der Waals surface area contributed by atoms with Crippen molar-refractivity contribution in [3.05, 3.63) is 11.9 Å². The molecule has 0 bridgehead atoms. The molecule has 0 aliphatic heterocycles. The van der Waals surface area contributed by atoms with E-state index in [1.54, 1.807) is 4.68 Å². The van der Waals surface area contributed by atoms with E-state index in [-0.39, 0.29) is 5.91 Å². The van der Waals surface area contributed by atoms with Crippen molar-refractivity contribution in [2.45, 2.75) is 26.8 Å². The summed E-state index contributed by atoms with van der Waals surface area (Å²) in [6.07, 6.45) is 2.41. The first-order chi connectivity index (χ1) is 6.70. The molecule has 0 unspecified atom stereocenters. The molecule has 0 aliphatic carbocycles. The van der Waals surface area contributed by atoms with Crippen molar-refractivity contribution < 1.29 is 4.79 Å². The van der Waals surface area contributed by atoms with Gasteiger partial charge in [0.15, 0.2) is 0 Å². The fraction of sp³-hybridized carbons (Fsp3) is 0.556. The summed E-state index contributed by atoms with van der Waals surface area (Å²) in [4.78, 5) is 11.6. The first kappa shape index (κ1) is 10.6. The highest BCUT2D eigenvalue weighted by Crippen LogP contribution is 2.09. The fourth-order valence-corrected chi connectivity index (χ4v) is 1.21. The number of aryl methyl sites for hydroxylation is 1. The van der Waals surface area contributed by atoms with Gasteiger partial charge in [-0.15, -0.1) is 0 Å². The van der Waals surface area contributed by atoms with Gasteiger partial charge in [-0.2, -0.15) is 5.10 Å². The maximum atomic E-state index is 11.6. The normalized spacial score (nSPS) is 10.1. The molecule has 1 amide bonds. The Kier molecular flexibility index (Phi) is 3.50. The molecule has 1 aromatic rings. The van der Waals surface area contributed by atoms with Crippen LogP contribution in [-0.2, 0) is 6.54 Å². The second kappa shape index (κ2) is 4.64. The zero-order chi connectivity index (χ0) is 10.6. The minimum atomic E-state index is -0.149. The number of nitrogens with one attached hydrogen (secondary N) is 1. The van der Waals surface area contributed by atoms with Crippen LogP contribution in [0.25, 0.3) is 0 Å². The maximum Gasteiger partial charge on any atom is 0.271 e. The van der Waals surface area contributed by atoms with Crippen LogP contribution in [0, 0.1) is 0 Å². The summed E-state index contributed by atoms with van der Waals surface area (Å²) in [6.45, 7) is 5.23. The molecule has 0 saturated heterocycles. The van der Waals surface area contributed by atoms with Crippen molar-refractivity contribution in [3.8, 4) is 0 Å². The summed E-state index contributed by atoms with van der Waals surface area (Å²) >= 11 is 0. The molecular weight excluding hydrogens is 180 g/mol. The predicted octanol–water partition coefficient (Wildman–Crippen LogP) is 0.625. The van der Waals surface area contributed by atoms with Gasteiger partial charge >= 0.3 is 0 Å². The molecule has 5 heteroatoms. The van der Waals surface area contributed by atoms with Crippen LogP contribution in [0.1, 0.15) is 30.8 Å². The van der Waals surface area contributed by atoms with Crippen molar-refractivity contribution in [2.75, 3.05) is 12.3 Å². The molecule has 0 atom stereocenters. The molecule has 1 aromatic heterocycles. The molecule has 0 aromatic carbocycles. The standard InChI is InChI=1S/C9H16N4O/c1-3-5-11-9(14)8-7(10)6-12-13(8)4-2/h6H,3-5,10H2,1-2H3,(H,11,14). The van der Waals surface area contributed by atoms with Crippen LogP contribution in [0.15, 0.2) is 6.20 Å². The monoisotopic (exact) mass is 196 g/mol. The van der Waals surface area contributed by atoms with Crippen LogP contribution < -0.4 is 11.1 Å². The van der Waals surface area contributed by atoms with E-state index >= 15 is 0 Å². The van der Waals surface area contributed by atoms with Gasteiger partial charge in [0.25, 0.3) is 5.91 Å². The Bertz CT molecular complexity index is 319. The van der Waals surface area contributed by atoms with E-state index in [9.17, 15) is 4.79 Å². The summed E-state index contributed by atoms with van der Waals surface area (Å²) in [7, 11) is 0. The van der Waals surface area contributed by atoms with E-state index in [0.29, 0.717) is 24.5 Å². The summed E-state index contributed by atoms with van der Waals surface area (Å²) in [5.74, 6) is -0.149. The van der Waals surface area contributed by atoms with Crippen LogP contribution in [0.2, 0.25) is 0 Å². The topological polar surface area (TPSA) is 72.9 Å². The number of nitrogen functional groups attached to an aromatic ring is 1. The second-order valence-corrected chi connectivity index (χ2v) is 3.02. The van der Waals surface area contributed by atoms with E-state index in [1.165, 1.54) is 6.20 Å². The number of anilines is 1. The van der Waals surface area contributed by atoms with Gasteiger partial charge in [-0.05, 0) is 13.3 Å². The molecule has 0 spiro atoms. The van der Waals surface area contributed by atoms with Crippen molar-refractivity contribution in [1.82, 2.24) is 15.1 Å². The second-order valence-electron chi connectivity index (χ2n) is 3.02. The van der Waals surface area contributed by atoms with Crippen molar-refractivity contribution >= 4 is 11.6 Å². The fourth-order valence-electron chi connectivity index (χ4n) is 1.21. The quantitative estimate of drug-likeness (QED) is 0.741.